The Bertz CT molecular complexity index is 1090. The molecule has 5 heteroatoms. The smallest absolute Gasteiger partial charge is 0.352 e. The normalized spacial score (nSPS) is 11.2. The summed E-state index contributed by atoms with van der Waals surface area (Å²) in [5.74, 6) is -1.44. The first kappa shape index (κ1) is 14.4. The van der Waals surface area contributed by atoms with E-state index in [-0.39, 0.29) is 11.5 Å². The zero-order valence-corrected chi connectivity index (χ0v) is 12.6. The first-order chi connectivity index (χ1) is 11.6. The average molecular weight is 320 g/mol. The fourth-order valence-corrected chi connectivity index (χ4v) is 2.95. The Morgan fingerprint density at radius 3 is 2.71 bits per heavy atom. The number of halogens is 1. The van der Waals surface area contributed by atoms with Crippen LogP contribution in [0.25, 0.3) is 21.8 Å². The molecule has 2 heterocycles. The molecule has 0 bridgehead atoms. The monoisotopic (exact) mass is 320 g/mol. The van der Waals surface area contributed by atoms with Gasteiger partial charge < -0.3 is 9.67 Å². The van der Waals surface area contributed by atoms with Crippen LogP contribution in [0.1, 0.15) is 16.2 Å². The molecule has 4 aromatic rings. The molecule has 0 saturated heterocycles. The summed E-state index contributed by atoms with van der Waals surface area (Å²) >= 11 is 0. The number of rotatable bonds is 3. The van der Waals surface area contributed by atoms with E-state index < -0.39 is 5.97 Å². The van der Waals surface area contributed by atoms with Crippen LogP contribution < -0.4 is 0 Å². The van der Waals surface area contributed by atoms with Crippen molar-refractivity contribution in [2.75, 3.05) is 0 Å². The number of carboxylic acids is 1. The van der Waals surface area contributed by atoms with Crippen LogP contribution in [0, 0.1) is 5.82 Å². The number of nitrogens with zero attached hydrogens (tertiary/aromatic N) is 2. The Balaban J connectivity index is 1.85. The largest absolute Gasteiger partial charge is 0.477 e. The zero-order valence-electron chi connectivity index (χ0n) is 12.6. The van der Waals surface area contributed by atoms with Gasteiger partial charge in [-0.25, -0.2) is 9.18 Å². The molecule has 2 aromatic heterocycles. The summed E-state index contributed by atoms with van der Waals surface area (Å²) in [5.41, 5.74) is 2.39. The predicted molar refractivity (Wildman–Crippen MR) is 89.7 cm³/mol. The number of benzene rings is 2. The molecule has 1 N–H and O–H groups in total. The number of aromatic carboxylic acids is 1. The second-order valence-corrected chi connectivity index (χ2v) is 5.62. The highest BCUT2D eigenvalue weighted by Crippen LogP contribution is 2.23. The van der Waals surface area contributed by atoms with Crippen molar-refractivity contribution in [2.45, 2.75) is 6.54 Å². The lowest BCUT2D eigenvalue weighted by molar-refractivity contribution is 0.0686. The van der Waals surface area contributed by atoms with Gasteiger partial charge in [0, 0.05) is 16.3 Å². The summed E-state index contributed by atoms with van der Waals surface area (Å²) in [5, 5.41) is 11.0. The van der Waals surface area contributed by atoms with Crippen molar-refractivity contribution in [3.8, 4) is 0 Å². The Labute approximate surface area is 136 Å². The van der Waals surface area contributed by atoms with Gasteiger partial charge in [0.05, 0.1) is 17.8 Å². The van der Waals surface area contributed by atoms with Crippen LogP contribution >= 0.6 is 0 Å². The summed E-state index contributed by atoms with van der Waals surface area (Å²) in [6, 6.07) is 17.3. The molecular formula is C19H13FN2O2. The lowest BCUT2D eigenvalue weighted by Gasteiger charge is -2.09. The van der Waals surface area contributed by atoms with Gasteiger partial charge in [0.15, 0.2) is 0 Å². The Morgan fingerprint density at radius 1 is 1.04 bits per heavy atom. The van der Waals surface area contributed by atoms with Crippen molar-refractivity contribution in [2.24, 2.45) is 0 Å². The SMILES string of the molecule is O=C(O)c1cc2cc(F)ccc2n1Cc1ccc2ccccc2n1. The molecule has 24 heavy (non-hydrogen) atoms. The van der Waals surface area contributed by atoms with Gasteiger partial charge in [0.25, 0.3) is 0 Å². The predicted octanol–water partition coefficient (Wildman–Crippen LogP) is 4.08. The number of pyridine rings is 1. The van der Waals surface area contributed by atoms with Gasteiger partial charge in [-0.05, 0) is 36.4 Å². The molecule has 0 unspecified atom stereocenters. The van der Waals surface area contributed by atoms with Crippen molar-refractivity contribution < 1.29 is 14.3 Å². The number of aromatic nitrogens is 2. The van der Waals surface area contributed by atoms with Crippen LogP contribution in [0.4, 0.5) is 4.39 Å². The third-order valence-corrected chi connectivity index (χ3v) is 4.06. The highest BCUT2D eigenvalue weighted by Gasteiger charge is 2.16. The standard InChI is InChI=1S/C19H13FN2O2/c20-14-6-8-17-13(9-14)10-18(19(23)24)22(17)11-15-7-5-12-3-1-2-4-16(12)21-15/h1-10H,11H2,(H,23,24). The number of carbonyl (C=O) groups is 1. The van der Waals surface area contributed by atoms with Crippen molar-refractivity contribution in [3.63, 3.8) is 0 Å². The molecule has 4 rings (SSSR count). The fourth-order valence-electron chi connectivity index (χ4n) is 2.95. The van der Waals surface area contributed by atoms with Crippen LogP contribution in [0.2, 0.25) is 0 Å². The molecular weight excluding hydrogens is 307 g/mol. The molecule has 0 atom stereocenters. The first-order valence-corrected chi connectivity index (χ1v) is 7.48. The van der Waals surface area contributed by atoms with E-state index in [1.807, 2.05) is 36.4 Å². The second kappa shape index (κ2) is 5.45. The fraction of sp³-hybridized carbons (Fsp3) is 0.0526. The maximum absolute atomic E-state index is 13.4. The molecule has 0 radical (unpaired) electrons. The quantitative estimate of drug-likeness (QED) is 0.619. The highest BCUT2D eigenvalue weighted by molar-refractivity contribution is 5.94. The van der Waals surface area contributed by atoms with Crippen LogP contribution in [-0.2, 0) is 6.54 Å². The van der Waals surface area contributed by atoms with Crippen molar-refractivity contribution >= 4 is 27.8 Å². The topological polar surface area (TPSA) is 55.1 Å². The summed E-state index contributed by atoms with van der Waals surface area (Å²) in [6.45, 7) is 0.307. The molecule has 0 amide bonds. The first-order valence-electron chi connectivity index (χ1n) is 7.48. The molecule has 0 aliphatic carbocycles. The van der Waals surface area contributed by atoms with Crippen LogP contribution in [0.3, 0.4) is 0 Å². The molecule has 0 aliphatic heterocycles. The Hall–Kier alpha value is -3.21. The number of carboxylic acid groups (broad SMARTS) is 1. The number of hydrogen-bond donors (Lipinski definition) is 1. The second-order valence-electron chi connectivity index (χ2n) is 5.62. The van der Waals surface area contributed by atoms with E-state index in [4.69, 9.17) is 0 Å². The minimum absolute atomic E-state index is 0.116. The van der Waals surface area contributed by atoms with Gasteiger partial charge in [0.1, 0.15) is 11.5 Å². The molecule has 2 aromatic carbocycles. The van der Waals surface area contributed by atoms with E-state index in [1.54, 1.807) is 10.6 Å². The molecule has 0 saturated carbocycles. The summed E-state index contributed by atoms with van der Waals surface area (Å²) in [4.78, 5) is 16.1. The number of para-hydroxylation sites is 1. The molecule has 0 spiro atoms. The van der Waals surface area contributed by atoms with E-state index in [0.717, 1.165) is 16.6 Å². The van der Waals surface area contributed by atoms with E-state index >= 15 is 0 Å². The van der Waals surface area contributed by atoms with Gasteiger partial charge >= 0.3 is 5.97 Å². The molecule has 0 fully saturated rings. The summed E-state index contributed by atoms with van der Waals surface area (Å²) in [7, 11) is 0. The van der Waals surface area contributed by atoms with Crippen molar-refractivity contribution in [1.82, 2.24) is 9.55 Å². The van der Waals surface area contributed by atoms with Gasteiger partial charge in [-0.3, -0.25) is 4.98 Å². The van der Waals surface area contributed by atoms with Gasteiger partial charge in [-0.15, -0.1) is 0 Å². The third-order valence-electron chi connectivity index (χ3n) is 4.06. The Morgan fingerprint density at radius 2 is 1.88 bits per heavy atom. The maximum atomic E-state index is 13.4. The molecule has 4 nitrogen and oxygen atoms in total. The van der Waals surface area contributed by atoms with Gasteiger partial charge in [-0.2, -0.15) is 0 Å². The minimum atomic E-state index is -1.05. The van der Waals surface area contributed by atoms with E-state index in [1.165, 1.54) is 18.2 Å². The van der Waals surface area contributed by atoms with Crippen molar-refractivity contribution in [3.05, 3.63) is 77.9 Å². The minimum Gasteiger partial charge on any atom is -0.477 e. The van der Waals surface area contributed by atoms with Crippen LogP contribution in [0.5, 0.6) is 0 Å². The van der Waals surface area contributed by atoms with E-state index in [0.29, 0.717) is 17.4 Å². The van der Waals surface area contributed by atoms with Gasteiger partial charge in [-0.1, -0.05) is 24.3 Å². The van der Waals surface area contributed by atoms with E-state index in [9.17, 15) is 14.3 Å². The number of fused-ring (bicyclic) bond motifs is 2. The third kappa shape index (κ3) is 2.40. The van der Waals surface area contributed by atoms with Crippen LogP contribution in [-0.4, -0.2) is 20.6 Å². The van der Waals surface area contributed by atoms with Crippen molar-refractivity contribution in [1.29, 1.82) is 0 Å². The van der Waals surface area contributed by atoms with Gasteiger partial charge in [0.2, 0.25) is 0 Å². The average Bonchev–Trinajstić information content (AvgIpc) is 2.92. The summed E-state index contributed by atoms with van der Waals surface area (Å²) < 4.78 is 15.1. The molecule has 0 aliphatic rings. The Kier molecular flexibility index (Phi) is 3.27. The zero-order chi connectivity index (χ0) is 16.7. The lowest BCUT2D eigenvalue weighted by atomic mass is 10.2. The highest BCUT2D eigenvalue weighted by atomic mass is 19.1. The number of hydrogen-bond acceptors (Lipinski definition) is 2. The lowest BCUT2D eigenvalue weighted by Crippen LogP contribution is -2.10. The molecule has 118 valence electrons. The summed E-state index contributed by atoms with van der Waals surface area (Å²) in [6.07, 6.45) is 0. The maximum Gasteiger partial charge on any atom is 0.352 e. The van der Waals surface area contributed by atoms with Crippen LogP contribution in [0.15, 0.2) is 60.7 Å². The van der Waals surface area contributed by atoms with E-state index in [2.05, 4.69) is 4.98 Å².